The van der Waals surface area contributed by atoms with Gasteiger partial charge >= 0.3 is 5.97 Å². The van der Waals surface area contributed by atoms with Crippen LogP contribution in [0.15, 0.2) is 18.2 Å². The lowest BCUT2D eigenvalue weighted by molar-refractivity contribution is -0.147. The highest BCUT2D eigenvalue weighted by Crippen LogP contribution is 2.26. The van der Waals surface area contributed by atoms with Gasteiger partial charge in [0.2, 0.25) is 11.8 Å². The van der Waals surface area contributed by atoms with E-state index in [0.717, 1.165) is 17.5 Å². The number of amides is 3. The maximum absolute atomic E-state index is 12.6. The summed E-state index contributed by atoms with van der Waals surface area (Å²) >= 11 is 0. The van der Waals surface area contributed by atoms with Gasteiger partial charge in [-0.2, -0.15) is 0 Å². The minimum absolute atomic E-state index is 0.110. The first kappa shape index (κ1) is 18.1. The van der Waals surface area contributed by atoms with E-state index in [9.17, 15) is 24.3 Å². The second-order valence-electron chi connectivity index (χ2n) is 6.71. The maximum Gasteiger partial charge on any atom is 0.305 e. The fraction of sp³-hybridized carbons (Fsp3) is 0.444. The Hall–Kier alpha value is -2.74. The lowest BCUT2D eigenvalue weighted by Crippen LogP contribution is -2.66. The first-order valence-corrected chi connectivity index (χ1v) is 8.57. The summed E-state index contributed by atoms with van der Waals surface area (Å²) in [5, 5.41) is 14.1. The van der Waals surface area contributed by atoms with Crippen LogP contribution < -0.4 is 10.6 Å². The number of hydrogen-bond acceptors (Lipinski definition) is 5. The molecule has 2 aliphatic rings. The van der Waals surface area contributed by atoms with E-state index in [4.69, 9.17) is 0 Å². The van der Waals surface area contributed by atoms with Crippen molar-refractivity contribution in [2.24, 2.45) is 0 Å². The van der Waals surface area contributed by atoms with Crippen LogP contribution in [0.2, 0.25) is 0 Å². The molecule has 1 aromatic rings. The van der Waals surface area contributed by atoms with Gasteiger partial charge in [-0.25, -0.2) is 0 Å². The average Bonchev–Trinajstić information content (AvgIpc) is 2.91. The van der Waals surface area contributed by atoms with Crippen molar-refractivity contribution >= 4 is 23.7 Å². The molecule has 0 bridgehead atoms. The van der Waals surface area contributed by atoms with Gasteiger partial charge < -0.3 is 10.0 Å². The average molecular weight is 359 g/mol. The molecule has 1 aromatic carbocycles. The first-order chi connectivity index (χ1) is 12.3. The zero-order valence-corrected chi connectivity index (χ0v) is 14.5. The molecule has 8 heteroatoms. The van der Waals surface area contributed by atoms with Crippen molar-refractivity contribution in [3.63, 3.8) is 0 Å². The van der Waals surface area contributed by atoms with Crippen LogP contribution in [0, 0.1) is 0 Å². The molecule has 0 aromatic heterocycles. The van der Waals surface area contributed by atoms with E-state index in [1.54, 1.807) is 4.90 Å². The van der Waals surface area contributed by atoms with Crippen LogP contribution in [0.4, 0.5) is 0 Å². The Morgan fingerprint density at radius 1 is 1.31 bits per heavy atom. The maximum atomic E-state index is 12.6. The van der Waals surface area contributed by atoms with Crippen LogP contribution in [-0.2, 0) is 27.3 Å². The van der Waals surface area contributed by atoms with E-state index in [1.165, 1.54) is 0 Å². The van der Waals surface area contributed by atoms with Crippen molar-refractivity contribution in [3.05, 3.63) is 34.9 Å². The normalized spacial score (nSPS) is 22.3. The van der Waals surface area contributed by atoms with Gasteiger partial charge in [-0.15, -0.1) is 0 Å². The molecule has 1 unspecified atom stereocenters. The summed E-state index contributed by atoms with van der Waals surface area (Å²) in [6.07, 6.45) is 0.486. The van der Waals surface area contributed by atoms with Crippen molar-refractivity contribution in [3.8, 4) is 0 Å². The Morgan fingerprint density at radius 2 is 2.08 bits per heavy atom. The molecule has 8 nitrogen and oxygen atoms in total. The zero-order chi connectivity index (χ0) is 18.9. The number of carbonyl (C=O) groups excluding carboxylic acids is 3. The smallest absolute Gasteiger partial charge is 0.305 e. The third-order valence-corrected chi connectivity index (χ3v) is 5.00. The quantitative estimate of drug-likeness (QED) is 0.619. The molecule has 3 N–H and O–H groups in total. The van der Waals surface area contributed by atoms with Crippen LogP contribution in [0.25, 0.3) is 0 Å². The topological polar surface area (TPSA) is 116 Å². The van der Waals surface area contributed by atoms with Gasteiger partial charge in [-0.1, -0.05) is 19.1 Å². The number of carbonyl (C=O) groups is 4. The first-order valence-electron chi connectivity index (χ1n) is 8.57. The number of nitrogens with zero attached hydrogens (tertiary/aromatic N) is 1. The summed E-state index contributed by atoms with van der Waals surface area (Å²) in [4.78, 5) is 49.1. The number of hydrogen-bond donors (Lipinski definition) is 3. The molecule has 3 rings (SSSR count). The number of carboxylic acids is 1. The van der Waals surface area contributed by atoms with Crippen molar-refractivity contribution < 1.29 is 24.3 Å². The molecule has 1 atom stereocenters. The van der Waals surface area contributed by atoms with Crippen molar-refractivity contribution in [2.75, 3.05) is 13.1 Å². The van der Waals surface area contributed by atoms with Gasteiger partial charge in [-0.05, 0) is 30.0 Å². The van der Waals surface area contributed by atoms with Crippen LogP contribution in [0.1, 0.15) is 41.3 Å². The fourth-order valence-corrected chi connectivity index (χ4v) is 3.45. The number of piperazine rings is 1. The highest BCUT2D eigenvalue weighted by atomic mass is 16.4. The number of carboxylic acid groups (broad SMARTS) is 1. The van der Waals surface area contributed by atoms with E-state index in [0.29, 0.717) is 12.1 Å². The Bertz CT molecular complexity index is 791. The number of aliphatic carboxylic acids is 1. The summed E-state index contributed by atoms with van der Waals surface area (Å²) in [7, 11) is 0. The Balaban J connectivity index is 1.74. The molecule has 1 fully saturated rings. The predicted octanol–water partition coefficient (Wildman–Crippen LogP) is 0.0544. The van der Waals surface area contributed by atoms with Crippen molar-refractivity contribution in [2.45, 2.75) is 38.3 Å². The fourth-order valence-electron chi connectivity index (χ4n) is 3.45. The number of fused-ring (bicyclic) bond motifs is 1. The highest BCUT2D eigenvalue weighted by molar-refractivity contribution is 6.05. The molecule has 2 heterocycles. The van der Waals surface area contributed by atoms with E-state index in [1.807, 2.05) is 25.1 Å². The standard InChI is InChI=1S/C18H21N3O5/c1-2-11-3-4-12-10-21(16(25)13(12)7-11)6-5-18(8-15(23)24)17(26)20-14(22)9-19-18/h3-4,7,19H,2,5-6,8-10H2,1H3,(H,23,24)(H,20,22,26). The monoisotopic (exact) mass is 359 g/mol. The minimum atomic E-state index is -1.40. The molecular formula is C18H21N3O5. The molecule has 1 saturated heterocycles. The largest absolute Gasteiger partial charge is 0.481 e. The third-order valence-electron chi connectivity index (χ3n) is 5.00. The summed E-state index contributed by atoms with van der Waals surface area (Å²) < 4.78 is 0. The Labute approximate surface area is 150 Å². The molecule has 2 aliphatic heterocycles. The summed E-state index contributed by atoms with van der Waals surface area (Å²) in [5.74, 6) is -2.42. The van der Waals surface area contributed by atoms with Crippen LogP contribution in [0.3, 0.4) is 0 Å². The van der Waals surface area contributed by atoms with Crippen molar-refractivity contribution in [1.29, 1.82) is 0 Å². The third kappa shape index (κ3) is 3.32. The van der Waals surface area contributed by atoms with E-state index >= 15 is 0 Å². The van der Waals surface area contributed by atoms with E-state index < -0.39 is 29.7 Å². The summed E-state index contributed by atoms with van der Waals surface area (Å²) in [6, 6.07) is 5.81. The van der Waals surface area contributed by atoms with Gasteiger partial charge in [0.25, 0.3) is 5.91 Å². The second-order valence-corrected chi connectivity index (χ2v) is 6.71. The molecule has 0 saturated carbocycles. The van der Waals surface area contributed by atoms with Crippen molar-refractivity contribution in [1.82, 2.24) is 15.5 Å². The molecule has 0 radical (unpaired) electrons. The number of nitrogens with one attached hydrogen (secondary N) is 2. The van der Waals surface area contributed by atoms with Gasteiger partial charge in [-0.3, -0.25) is 29.8 Å². The molecule has 0 aliphatic carbocycles. The molecule has 138 valence electrons. The van der Waals surface area contributed by atoms with E-state index in [2.05, 4.69) is 10.6 Å². The van der Waals surface area contributed by atoms with Gasteiger partial charge in [0.05, 0.1) is 13.0 Å². The van der Waals surface area contributed by atoms with Gasteiger partial charge in [0.15, 0.2) is 0 Å². The second kappa shape index (κ2) is 6.87. The zero-order valence-electron chi connectivity index (χ0n) is 14.5. The number of benzene rings is 1. The van der Waals surface area contributed by atoms with Gasteiger partial charge in [0, 0.05) is 18.7 Å². The van der Waals surface area contributed by atoms with Crippen LogP contribution >= 0.6 is 0 Å². The number of aryl methyl sites for hydroxylation is 1. The SMILES string of the molecule is CCc1ccc2c(c1)C(=O)N(CCC1(CC(=O)O)NCC(=O)NC1=O)C2. The molecule has 0 spiro atoms. The lowest BCUT2D eigenvalue weighted by Gasteiger charge is -2.36. The minimum Gasteiger partial charge on any atom is -0.481 e. The Kier molecular flexibility index (Phi) is 4.78. The summed E-state index contributed by atoms with van der Waals surface area (Å²) in [6.45, 7) is 2.54. The lowest BCUT2D eigenvalue weighted by atomic mass is 9.88. The van der Waals surface area contributed by atoms with E-state index in [-0.39, 0.29) is 25.4 Å². The highest BCUT2D eigenvalue weighted by Gasteiger charge is 2.45. The molecule has 26 heavy (non-hydrogen) atoms. The number of rotatable bonds is 6. The molecule has 3 amide bonds. The van der Waals surface area contributed by atoms with Crippen LogP contribution in [-0.4, -0.2) is 52.3 Å². The Morgan fingerprint density at radius 3 is 2.73 bits per heavy atom. The van der Waals surface area contributed by atoms with Gasteiger partial charge in [0.1, 0.15) is 5.54 Å². The number of imide groups is 1. The molecular weight excluding hydrogens is 338 g/mol. The summed E-state index contributed by atoms with van der Waals surface area (Å²) in [5.41, 5.74) is 1.26. The van der Waals surface area contributed by atoms with Crippen LogP contribution in [0.5, 0.6) is 0 Å². The predicted molar refractivity (Wildman–Crippen MR) is 91.3 cm³/mol.